The molecule has 4 nitrogen and oxygen atoms in total. The predicted octanol–water partition coefficient (Wildman–Crippen LogP) is 5.78. The average molecular weight is 439 g/mol. The summed E-state index contributed by atoms with van der Waals surface area (Å²) in [5.74, 6) is -1.43. The van der Waals surface area contributed by atoms with Gasteiger partial charge in [0, 0.05) is 15.6 Å². The third-order valence-corrected chi connectivity index (χ3v) is 6.03. The molecular weight excluding hydrogens is 423 g/mol. The van der Waals surface area contributed by atoms with Crippen molar-refractivity contribution >= 4 is 46.6 Å². The number of thioether (sulfide) groups is 1. The predicted molar refractivity (Wildman–Crippen MR) is 118 cm³/mol. The molecule has 1 aliphatic heterocycles. The Kier molecular flexibility index (Phi) is 5.61. The van der Waals surface area contributed by atoms with Crippen LogP contribution in [0.3, 0.4) is 0 Å². The number of nitrogens with one attached hydrogen (secondary N) is 1. The van der Waals surface area contributed by atoms with E-state index in [1.54, 1.807) is 12.1 Å². The van der Waals surface area contributed by atoms with Gasteiger partial charge < -0.3 is 5.32 Å². The second-order valence-corrected chi connectivity index (χ2v) is 8.12. The highest BCUT2D eigenvalue weighted by Gasteiger charge is 2.40. The molecular formula is C23H16ClFN2O2S. The van der Waals surface area contributed by atoms with Crippen LogP contribution in [0.1, 0.15) is 5.56 Å². The number of benzene rings is 3. The lowest BCUT2D eigenvalue weighted by Crippen LogP contribution is -2.32. The van der Waals surface area contributed by atoms with Crippen molar-refractivity contribution in [1.29, 1.82) is 0 Å². The molecule has 0 atom stereocenters. The highest BCUT2D eigenvalue weighted by atomic mass is 35.5. The lowest BCUT2D eigenvalue weighted by molar-refractivity contribution is -0.120. The molecule has 0 saturated heterocycles. The number of aryl methyl sites for hydroxylation is 1. The van der Waals surface area contributed by atoms with E-state index in [4.69, 9.17) is 11.6 Å². The van der Waals surface area contributed by atoms with Gasteiger partial charge in [0.25, 0.3) is 11.8 Å². The highest BCUT2D eigenvalue weighted by molar-refractivity contribution is 8.04. The number of amides is 2. The molecule has 1 aliphatic rings. The zero-order valence-electron chi connectivity index (χ0n) is 15.9. The van der Waals surface area contributed by atoms with Gasteiger partial charge in [-0.05, 0) is 61.0 Å². The van der Waals surface area contributed by atoms with Crippen LogP contribution >= 0.6 is 23.4 Å². The van der Waals surface area contributed by atoms with E-state index in [2.05, 4.69) is 5.32 Å². The fourth-order valence-corrected chi connectivity index (χ4v) is 4.09. The summed E-state index contributed by atoms with van der Waals surface area (Å²) in [4.78, 5) is 28.5. The van der Waals surface area contributed by atoms with Crippen LogP contribution in [-0.2, 0) is 9.59 Å². The van der Waals surface area contributed by atoms with Crippen molar-refractivity contribution in [3.05, 3.63) is 99.8 Å². The van der Waals surface area contributed by atoms with Gasteiger partial charge in [-0.25, -0.2) is 9.29 Å². The van der Waals surface area contributed by atoms with Crippen LogP contribution in [0.15, 0.2) is 88.3 Å². The van der Waals surface area contributed by atoms with Crippen molar-refractivity contribution in [2.24, 2.45) is 0 Å². The lowest BCUT2D eigenvalue weighted by Gasteiger charge is -2.15. The Bertz CT molecular complexity index is 1160. The molecule has 0 fully saturated rings. The van der Waals surface area contributed by atoms with Gasteiger partial charge in [-0.2, -0.15) is 0 Å². The molecule has 1 N–H and O–H groups in total. The lowest BCUT2D eigenvalue weighted by atomic mass is 10.2. The number of nitrogens with zero attached hydrogens (tertiary/aromatic N) is 1. The molecule has 0 spiro atoms. The number of hydrogen-bond acceptors (Lipinski definition) is 4. The summed E-state index contributed by atoms with van der Waals surface area (Å²) in [5, 5.41) is 3.61. The largest absolute Gasteiger partial charge is 0.350 e. The van der Waals surface area contributed by atoms with Crippen LogP contribution in [0, 0.1) is 12.7 Å². The van der Waals surface area contributed by atoms with Gasteiger partial charge in [-0.1, -0.05) is 47.6 Å². The van der Waals surface area contributed by atoms with Crippen LogP contribution in [0.5, 0.6) is 0 Å². The molecule has 0 radical (unpaired) electrons. The van der Waals surface area contributed by atoms with E-state index in [0.29, 0.717) is 16.4 Å². The van der Waals surface area contributed by atoms with Crippen molar-refractivity contribution in [1.82, 2.24) is 0 Å². The Hall–Kier alpha value is -3.09. The molecule has 0 aromatic heterocycles. The summed E-state index contributed by atoms with van der Waals surface area (Å²) >= 11 is 7.41. The number of hydrogen-bond donors (Lipinski definition) is 1. The molecule has 30 heavy (non-hydrogen) atoms. The molecule has 0 saturated carbocycles. The first-order valence-electron chi connectivity index (χ1n) is 9.09. The maximum Gasteiger partial charge on any atom is 0.283 e. The van der Waals surface area contributed by atoms with E-state index in [1.807, 2.05) is 43.3 Å². The van der Waals surface area contributed by atoms with Crippen molar-refractivity contribution in [2.45, 2.75) is 11.8 Å². The minimum absolute atomic E-state index is 0.151. The van der Waals surface area contributed by atoms with Crippen LogP contribution in [0.4, 0.5) is 15.8 Å². The second-order valence-electron chi connectivity index (χ2n) is 6.63. The summed E-state index contributed by atoms with van der Waals surface area (Å²) in [6.45, 7) is 1.88. The molecule has 1 heterocycles. The summed E-state index contributed by atoms with van der Waals surface area (Å²) < 4.78 is 13.3. The number of carbonyl (C=O) groups excluding carboxylic acids is 2. The fourth-order valence-electron chi connectivity index (χ4n) is 2.96. The van der Waals surface area contributed by atoms with E-state index in [9.17, 15) is 14.0 Å². The number of carbonyl (C=O) groups is 2. The minimum Gasteiger partial charge on any atom is -0.350 e. The highest BCUT2D eigenvalue weighted by Crippen LogP contribution is 2.38. The van der Waals surface area contributed by atoms with Gasteiger partial charge in [-0.15, -0.1) is 0 Å². The third kappa shape index (κ3) is 3.97. The SMILES string of the molecule is Cc1ccc(NC2=C(Sc3ccccc3)C(=O)N(c3ccc(F)cc3)C2=O)cc1Cl. The summed E-state index contributed by atoms with van der Waals surface area (Å²) in [6.07, 6.45) is 0. The molecule has 4 rings (SSSR count). The molecule has 150 valence electrons. The molecule has 0 unspecified atom stereocenters. The van der Waals surface area contributed by atoms with Crippen molar-refractivity contribution in [3.8, 4) is 0 Å². The standard InChI is InChI=1S/C23H16ClFN2O2S/c1-14-7-10-16(13-19(14)24)26-20-21(30-18-5-3-2-4-6-18)23(29)27(22(20)28)17-11-8-15(25)9-12-17/h2-13,26H,1H3. The molecule has 3 aromatic carbocycles. The average Bonchev–Trinajstić information content (AvgIpc) is 2.96. The van der Waals surface area contributed by atoms with Crippen LogP contribution in [0.2, 0.25) is 5.02 Å². The Morgan fingerprint density at radius 1 is 0.933 bits per heavy atom. The van der Waals surface area contributed by atoms with Gasteiger partial charge in [-0.3, -0.25) is 9.59 Å². The van der Waals surface area contributed by atoms with Gasteiger partial charge in [0.2, 0.25) is 0 Å². The zero-order chi connectivity index (χ0) is 21.3. The summed E-state index contributed by atoms with van der Waals surface area (Å²) in [5.41, 5.74) is 1.94. The molecule has 0 bridgehead atoms. The van der Waals surface area contributed by atoms with Crippen molar-refractivity contribution in [3.63, 3.8) is 0 Å². The van der Waals surface area contributed by atoms with E-state index < -0.39 is 17.6 Å². The number of rotatable bonds is 5. The molecule has 2 amide bonds. The maximum atomic E-state index is 13.3. The first-order chi connectivity index (χ1) is 14.4. The maximum absolute atomic E-state index is 13.3. The van der Waals surface area contributed by atoms with Crippen LogP contribution < -0.4 is 10.2 Å². The number of halogens is 2. The molecule has 3 aromatic rings. The Morgan fingerprint density at radius 2 is 1.63 bits per heavy atom. The first kappa shape index (κ1) is 20.2. The van der Waals surface area contributed by atoms with E-state index in [0.717, 1.165) is 15.4 Å². The fraction of sp³-hybridized carbons (Fsp3) is 0.0435. The Balaban J connectivity index is 1.74. The zero-order valence-corrected chi connectivity index (χ0v) is 17.4. The molecule has 7 heteroatoms. The van der Waals surface area contributed by atoms with Crippen molar-refractivity contribution in [2.75, 3.05) is 10.2 Å². The van der Waals surface area contributed by atoms with Gasteiger partial charge in [0.05, 0.1) is 5.69 Å². The normalized spacial score (nSPS) is 13.9. The quantitative estimate of drug-likeness (QED) is 0.513. The third-order valence-electron chi connectivity index (χ3n) is 4.53. The number of anilines is 2. The van der Waals surface area contributed by atoms with Gasteiger partial charge in [0.1, 0.15) is 16.4 Å². The van der Waals surface area contributed by atoms with Crippen LogP contribution in [0.25, 0.3) is 0 Å². The first-order valence-corrected chi connectivity index (χ1v) is 10.3. The monoisotopic (exact) mass is 438 g/mol. The summed E-state index contributed by atoms with van der Waals surface area (Å²) in [7, 11) is 0. The van der Waals surface area contributed by atoms with Gasteiger partial charge >= 0.3 is 0 Å². The van der Waals surface area contributed by atoms with E-state index in [-0.39, 0.29) is 10.6 Å². The molecule has 0 aliphatic carbocycles. The Morgan fingerprint density at radius 3 is 2.30 bits per heavy atom. The van der Waals surface area contributed by atoms with Crippen molar-refractivity contribution < 1.29 is 14.0 Å². The second kappa shape index (κ2) is 8.34. The number of imide groups is 1. The Labute approximate surface area is 182 Å². The smallest absolute Gasteiger partial charge is 0.283 e. The van der Waals surface area contributed by atoms with Crippen LogP contribution in [-0.4, -0.2) is 11.8 Å². The van der Waals surface area contributed by atoms with Gasteiger partial charge in [0.15, 0.2) is 0 Å². The van der Waals surface area contributed by atoms with E-state index >= 15 is 0 Å². The van der Waals surface area contributed by atoms with E-state index in [1.165, 1.54) is 36.0 Å². The minimum atomic E-state index is -0.512. The summed E-state index contributed by atoms with van der Waals surface area (Å²) in [6, 6.07) is 19.9. The topological polar surface area (TPSA) is 49.4 Å².